The fourth-order valence-corrected chi connectivity index (χ4v) is 2.66. The summed E-state index contributed by atoms with van der Waals surface area (Å²) in [6.07, 6.45) is 1.08. The number of amides is 1. The van der Waals surface area contributed by atoms with Crippen LogP contribution in [0.1, 0.15) is 35.0 Å². The number of nitrogens with zero attached hydrogens (tertiary/aromatic N) is 2. The molecule has 0 fully saturated rings. The zero-order chi connectivity index (χ0) is 15.2. The smallest absolute Gasteiger partial charge is 0.253 e. The number of thiazole rings is 1. The highest BCUT2D eigenvalue weighted by Gasteiger charge is 2.13. The second kappa shape index (κ2) is 7.22. The fraction of sp³-hybridized carbons (Fsp3) is 0.375. The first-order valence-electron chi connectivity index (χ1n) is 7.09. The first-order chi connectivity index (χ1) is 10.1. The summed E-state index contributed by atoms with van der Waals surface area (Å²) in [6.45, 7) is 5.64. The van der Waals surface area contributed by atoms with Gasteiger partial charge in [-0.05, 0) is 37.1 Å². The average molecular weight is 303 g/mol. The van der Waals surface area contributed by atoms with Crippen LogP contribution in [0.25, 0.3) is 0 Å². The van der Waals surface area contributed by atoms with Crippen molar-refractivity contribution in [2.24, 2.45) is 0 Å². The van der Waals surface area contributed by atoms with Gasteiger partial charge in [0.2, 0.25) is 0 Å². The molecule has 2 rings (SSSR count). The summed E-state index contributed by atoms with van der Waals surface area (Å²) >= 11 is 1.54. The molecule has 2 aromatic rings. The van der Waals surface area contributed by atoms with Crippen LogP contribution in [0.3, 0.4) is 0 Å². The molecule has 1 aromatic heterocycles. The Morgan fingerprint density at radius 2 is 2.24 bits per heavy atom. The number of carbonyl (C=O) groups excluding carboxylic acids is 1. The molecule has 4 nitrogen and oxygen atoms in total. The van der Waals surface area contributed by atoms with E-state index in [-0.39, 0.29) is 5.91 Å². The summed E-state index contributed by atoms with van der Waals surface area (Å²) in [7, 11) is 1.81. The molecular formula is C16H21N3OS. The van der Waals surface area contributed by atoms with Gasteiger partial charge in [-0.2, -0.15) is 0 Å². The number of hydrogen-bond donors (Lipinski definition) is 1. The Hall–Kier alpha value is -1.88. The minimum absolute atomic E-state index is 0.0214. The molecule has 0 aliphatic heterocycles. The van der Waals surface area contributed by atoms with E-state index in [0.717, 1.165) is 29.9 Å². The number of rotatable bonds is 6. The van der Waals surface area contributed by atoms with Gasteiger partial charge < -0.3 is 10.2 Å². The molecule has 112 valence electrons. The van der Waals surface area contributed by atoms with E-state index in [1.807, 2.05) is 30.5 Å². The van der Waals surface area contributed by atoms with Gasteiger partial charge in [0.1, 0.15) is 0 Å². The highest BCUT2D eigenvalue weighted by molar-refractivity contribution is 7.07. The molecule has 1 amide bonds. The lowest BCUT2D eigenvalue weighted by atomic mass is 10.1. The Balaban J connectivity index is 2.06. The SMILES string of the molecule is CCCNc1ccc(C(=O)N(C)Cc2cscn2)cc1C. The van der Waals surface area contributed by atoms with Crippen molar-refractivity contribution in [2.75, 3.05) is 18.9 Å². The second-order valence-corrected chi connectivity index (χ2v) is 5.82. The summed E-state index contributed by atoms with van der Waals surface area (Å²) in [6, 6.07) is 5.80. The number of carbonyl (C=O) groups is 1. The summed E-state index contributed by atoms with van der Waals surface area (Å²) in [5.74, 6) is 0.0214. The molecule has 1 aromatic carbocycles. The van der Waals surface area contributed by atoms with E-state index in [2.05, 4.69) is 17.2 Å². The lowest BCUT2D eigenvalue weighted by molar-refractivity contribution is 0.0783. The first-order valence-corrected chi connectivity index (χ1v) is 8.03. The lowest BCUT2D eigenvalue weighted by Crippen LogP contribution is -2.26. The van der Waals surface area contributed by atoms with Crippen LogP contribution in [0.15, 0.2) is 29.1 Å². The van der Waals surface area contributed by atoms with Gasteiger partial charge in [-0.1, -0.05) is 6.92 Å². The van der Waals surface area contributed by atoms with E-state index in [1.54, 1.807) is 28.8 Å². The predicted molar refractivity (Wildman–Crippen MR) is 87.9 cm³/mol. The Morgan fingerprint density at radius 1 is 1.43 bits per heavy atom. The van der Waals surface area contributed by atoms with Gasteiger partial charge in [0.05, 0.1) is 17.7 Å². The van der Waals surface area contributed by atoms with Crippen molar-refractivity contribution < 1.29 is 4.79 Å². The largest absolute Gasteiger partial charge is 0.385 e. The molecule has 21 heavy (non-hydrogen) atoms. The number of aryl methyl sites for hydroxylation is 1. The molecule has 0 atom stereocenters. The molecule has 0 radical (unpaired) electrons. The van der Waals surface area contributed by atoms with Crippen molar-refractivity contribution >= 4 is 22.9 Å². The van der Waals surface area contributed by atoms with Crippen molar-refractivity contribution in [3.63, 3.8) is 0 Å². The van der Waals surface area contributed by atoms with Gasteiger partial charge in [-0.25, -0.2) is 4.98 Å². The van der Waals surface area contributed by atoms with Crippen molar-refractivity contribution in [2.45, 2.75) is 26.8 Å². The van der Waals surface area contributed by atoms with Crippen LogP contribution in [0.5, 0.6) is 0 Å². The van der Waals surface area contributed by atoms with E-state index in [4.69, 9.17) is 0 Å². The van der Waals surface area contributed by atoms with Crippen molar-refractivity contribution in [3.05, 3.63) is 45.9 Å². The fourth-order valence-electron chi connectivity index (χ4n) is 2.11. The van der Waals surface area contributed by atoms with E-state index >= 15 is 0 Å². The molecule has 0 bridgehead atoms. The topological polar surface area (TPSA) is 45.2 Å². The maximum Gasteiger partial charge on any atom is 0.253 e. The van der Waals surface area contributed by atoms with Crippen molar-refractivity contribution in [3.8, 4) is 0 Å². The Bertz CT molecular complexity index is 596. The maximum absolute atomic E-state index is 12.4. The second-order valence-electron chi connectivity index (χ2n) is 5.10. The number of anilines is 1. The van der Waals surface area contributed by atoms with Crippen LogP contribution >= 0.6 is 11.3 Å². The van der Waals surface area contributed by atoms with Gasteiger partial charge in [-0.3, -0.25) is 4.79 Å². The summed E-state index contributed by atoms with van der Waals surface area (Å²) in [4.78, 5) is 18.3. The lowest BCUT2D eigenvalue weighted by Gasteiger charge is -2.17. The molecule has 0 aliphatic carbocycles. The minimum atomic E-state index is 0.0214. The molecule has 0 unspecified atom stereocenters. The molecule has 1 N–H and O–H groups in total. The molecule has 0 saturated carbocycles. The van der Waals surface area contributed by atoms with Crippen LogP contribution in [-0.2, 0) is 6.54 Å². The van der Waals surface area contributed by atoms with Crippen molar-refractivity contribution in [1.29, 1.82) is 0 Å². The normalized spacial score (nSPS) is 10.4. The summed E-state index contributed by atoms with van der Waals surface area (Å²) < 4.78 is 0. The predicted octanol–water partition coefficient (Wildman–Crippen LogP) is 3.55. The van der Waals surface area contributed by atoms with Crippen LogP contribution in [0, 0.1) is 6.92 Å². The van der Waals surface area contributed by atoms with Crippen LogP contribution in [0.2, 0.25) is 0 Å². The molecule has 0 spiro atoms. The third-order valence-corrected chi connectivity index (χ3v) is 3.90. The van der Waals surface area contributed by atoms with E-state index < -0.39 is 0 Å². The molecule has 1 heterocycles. The Morgan fingerprint density at radius 3 is 2.86 bits per heavy atom. The van der Waals surface area contributed by atoms with E-state index in [9.17, 15) is 4.79 Å². The van der Waals surface area contributed by atoms with E-state index in [0.29, 0.717) is 12.1 Å². The van der Waals surface area contributed by atoms with Gasteiger partial charge >= 0.3 is 0 Å². The maximum atomic E-state index is 12.4. The highest BCUT2D eigenvalue weighted by Crippen LogP contribution is 2.18. The van der Waals surface area contributed by atoms with Crippen LogP contribution in [-0.4, -0.2) is 29.4 Å². The third-order valence-electron chi connectivity index (χ3n) is 3.27. The number of nitrogens with one attached hydrogen (secondary N) is 1. The Kier molecular flexibility index (Phi) is 5.33. The van der Waals surface area contributed by atoms with Gasteiger partial charge in [-0.15, -0.1) is 11.3 Å². The van der Waals surface area contributed by atoms with Gasteiger partial charge in [0.25, 0.3) is 5.91 Å². The zero-order valence-electron chi connectivity index (χ0n) is 12.7. The highest BCUT2D eigenvalue weighted by atomic mass is 32.1. The zero-order valence-corrected chi connectivity index (χ0v) is 13.5. The van der Waals surface area contributed by atoms with Gasteiger partial charge in [0, 0.05) is 30.2 Å². The average Bonchev–Trinajstić information content (AvgIpc) is 2.98. The number of aromatic nitrogens is 1. The number of hydrogen-bond acceptors (Lipinski definition) is 4. The standard InChI is InChI=1S/C16H21N3OS/c1-4-7-17-15-6-5-13(8-12(15)2)16(20)19(3)9-14-10-21-11-18-14/h5-6,8,10-11,17H,4,7,9H2,1-3H3. The quantitative estimate of drug-likeness (QED) is 0.887. The van der Waals surface area contributed by atoms with E-state index in [1.165, 1.54) is 0 Å². The molecule has 5 heteroatoms. The molecule has 0 aliphatic rings. The number of benzene rings is 1. The monoisotopic (exact) mass is 303 g/mol. The Labute approximate surface area is 129 Å². The minimum Gasteiger partial charge on any atom is -0.385 e. The van der Waals surface area contributed by atoms with Crippen molar-refractivity contribution in [1.82, 2.24) is 9.88 Å². The van der Waals surface area contributed by atoms with Gasteiger partial charge in [0.15, 0.2) is 0 Å². The summed E-state index contributed by atoms with van der Waals surface area (Å²) in [5, 5.41) is 5.33. The van der Waals surface area contributed by atoms with Crippen LogP contribution < -0.4 is 5.32 Å². The summed E-state index contributed by atoms with van der Waals surface area (Å²) in [5.41, 5.74) is 5.61. The molecular weight excluding hydrogens is 282 g/mol. The molecule has 0 saturated heterocycles. The van der Waals surface area contributed by atoms with Crippen LogP contribution in [0.4, 0.5) is 5.69 Å². The third kappa shape index (κ3) is 4.04. The first kappa shape index (κ1) is 15.5.